The Kier molecular flexibility index (Phi) is 3.60. The summed E-state index contributed by atoms with van der Waals surface area (Å²) in [5, 5.41) is 2.53. The van der Waals surface area contributed by atoms with Crippen molar-refractivity contribution in [2.75, 3.05) is 0 Å². The molecule has 0 radical (unpaired) electrons. The van der Waals surface area contributed by atoms with Crippen LogP contribution in [0.4, 0.5) is 0 Å². The summed E-state index contributed by atoms with van der Waals surface area (Å²) in [4.78, 5) is 0. The molecular formula is C22H28BNO2. The van der Waals surface area contributed by atoms with Gasteiger partial charge in [-0.05, 0) is 59.8 Å². The predicted molar refractivity (Wildman–Crippen MR) is 106 cm³/mol. The zero-order valence-corrected chi connectivity index (χ0v) is 15.9. The minimum atomic E-state index is -0.306. The average molecular weight is 349 g/mol. The Labute approximate surface area is 156 Å². The highest BCUT2D eigenvalue weighted by Gasteiger charge is 2.68. The second-order valence-electron chi connectivity index (χ2n) is 9.34. The number of fused-ring (bicyclic) bond motifs is 1. The van der Waals surface area contributed by atoms with E-state index in [2.05, 4.69) is 63.2 Å². The lowest BCUT2D eigenvalue weighted by molar-refractivity contribution is -0.199. The van der Waals surface area contributed by atoms with Gasteiger partial charge in [0.2, 0.25) is 0 Å². The maximum Gasteiger partial charge on any atom is 0.475 e. The Morgan fingerprint density at radius 1 is 1.12 bits per heavy atom. The molecule has 26 heavy (non-hydrogen) atoms. The van der Waals surface area contributed by atoms with E-state index < -0.39 is 0 Å². The first-order chi connectivity index (χ1) is 12.4. The molecule has 2 bridgehead atoms. The largest absolute Gasteiger partial charge is 0.475 e. The van der Waals surface area contributed by atoms with Crippen LogP contribution in [0.5, 0.6) is 0 Å². The summed E-state index contributed by atoms with van der Waals surface area (Å²) in [5.41, 5.74) is 8.05. The second kappa shape index (κ2) is 5.57. The van der Waals surface area contributed by atoms with Crippen LogP contribution < -0.4 is 5.73 Å². The van der Waals surface area contributed by atoms with Crippen LogP contribution in [-0.4, -0.2) is 24.8 Å². The van der Waals surface area contributed by atoms with E-state index in [0.717, 1.165) is 18.8 Å². The van der Waals surface area contributed by atoms with Gasteiger partial charge in [0.1, 0.15) is 0 Å². The van der Waals surface area contributed by atoms with Gasteiger partial charge in [-0.1, -0.05) is 56.3 Å². The molecule has 0 amide bonds. The van der Waals surface area contributed by atoms with Crippen molar-refractivity contribution in [3.05, 3.63) is 48.0 Å². The summed E-state index contributed by atoms with van der Waals surface area (Å²) in [5.74, 6) is 1.19. The number of rotatable bonds is 3. The van der Waals surface area contributed by atoms with Crippen molar-refractivity contribution in [3.8, 4) is 0 Å². The third-order valence-corrected chi connectivity index (χ3v) is 7.65. The monoisotopic (exact) mass is 349 g/mol. The van der Waals surface area contributed by atoms with Crippen LogP contribution >= 0.6 is 0 Å². The van der Waals surface area contributed by atoms with Gasteiger partial charge < -0.3 is 15.0 Å². The third-order valence-electron chi connectivity index (χ3n) is 7.65. The fraction of sp³-hybridized carbons (Fsp3) is 0.545. The molecule has 1 heterocycles. The Morgan fingerprint density at radius 3 is 2.69 bits per heavy atom. The van der Waals surface area contributed by atoms with Crippen molar-refractivity contribution in [1.29, 1.82) is 0 Å². The lowest BCUT2D eigenvalue weighted by Crippen LogP contribution is -2.65. The predicted octanol–water partition coefficient (Wildman–Crippen LogP) is 3.98. The molecule has 2 aromatic rings. The Morgan fingerprint density at radius 2 is 1.88 bits per heavy atom. The lowest BCUT2D eigenvalue weighted by Gasteiger charge is -2.64. The van der Waals surface area contributed by atoms with Crippen LogP contribution in [0.1, 0.15) is 39.2 Å². The number of hydrogen-bond donors (Lipinski definition) is 1. The molecule has 4 aliphatic rings. The average Bonchev–Trinajstić information content (AvgIpc) is 2.99. The van der Waals surface area contributed by atoms with Crippen LogP contribution in [0.2, 0.25) is 0 Å². The van der Waals surface area contributed by atoms with Crippen molar-refractivity contribution >= 4 is 17.9 Å². The SMILES string of the molecule is CC1(C)[C@@H]2C[C@H]3OB([C@@H](N)Cc4cccc5ccccc45)O[C@@]3(C)[C@H]1C2. The zero-order chi connectivity index (χ0) is 18.1. The molecule has 0 aromatic heterocycles. The Bertz CT molecular complexity index is 848. The summed E-state index contributed by atoms with van der Waals surface area (Å²) in [6.45, 7) is 7.03. The van der Waals surface area contributed by atoms with Crippen LogP contribution in [0.3, 0.4) is 0 Å². The highest BCUT2D eigenvalue weighted by molar-refractivity contribution is 6.47. The van der Waals surface area contributed by atoms with Crippen molar-refractivity contribution in [1.82, 2.24) is 0 Å². The number of hydrogen-bond acceptors (Lipinski definition) is 3. The number of benzene rings is 2. The van der Waals surface area contributed by atoms with Crippen molar-refractivity contribution in [2.45, 2.75) is 57.7 Å². The normalized spacial score (nSPS) is 35.8. The molecule has 2 aromatic carbocycles. The van der Waals surface area contributed by atoms with Gasteiger partial charge in [0, 0.05) is 5.94 Å². The van der Waals surface area contributed by atoms with Gasteiger partial charge in [0.05, 0.1) is 11.7 Å². The van der Waals surface area contributed by atoms with Crippen LogP contribution in [0.25, 0.3) is 10.8 Å². The molecule has 0 spiro atoms. The zero-order valence-electron chi connectivity index (χ0n) is 15.9. The first kappa shape index (κ1) is 16.8. The van der Waals surface area contributed by atoms with E-state index in [-0.39, 0.29) is 24.8 Å². The highest BCUT2D eigenvalue weighted by Crippen LogP contribution is 2.65. The molecule has 1 aliphatic heterocycles. The minimum absolute atomic E-state index is 0.149. The molecule has 3 aliphatic carbocycles. The van der Waals surface area contributed by atoms with Gasteiger partial charge >= 0.3 is 7.12 Å². The summed E-state index contributed by atoms with van der Waals surface area (Å²) in [7, 11) is -0.306. The Balaban J connectivity index is 1.37. The summed E-state index contributed by atoms with van der Waals surface area (Å²) in [6, 6.07) is 14.9. The van der Waals surface area contributed by atoms with E-state index in [1.165, 1.54) is 22.8 Å². The molecule has 6 rings (SSSR count). The standard InChI is InChI=1S/C22H28BNO2/c1-21(2)16-12-18(21)22(3)19(13-16)25-23(26-22)20(24)11-15-9-6-8-14-7-4-5-10-17(14)15/h4-10,16,18-20H,11-13,24H2,1-3H3/t16-,18-,19+,20-,22-/m0/s1. The molecule has 0 unspecified atom stereocenters. The van der Waals surface area contributed by atoms with E-state index >= 15 is 0 Å². The molecule has 5 atom stereocenters. The van der Waals surface area contributed by atoms with Gasteiger partial charge in [-0.3, -0.25) is 0 Å². The van der Waals surface area contributed by atoms with E-state index in [0.29, 0.717) is 11.3 Å². The summed E-state index contributed by atoms with van der Waals surface area (Å²) >= 11 is 0. The van der Waals surface area contributed by atoms with Gasteiger partial charge in [-0.2, -0.15) is 0 Å². The van der Waals surface area contributed by atoms with E-state index in [1.54, 1.807) is 0 Å². The molecule has 1 saturated heterocycles. The smallest absolute Gasteiger partial charge is 0.404 e. The van der Waals surface area contributed by atoms with E-state index in [1.807, 2.05) is 0 Å². The van der Waals surface area contributed by atoms with Gasteiger partial charge in [0.15, 0.2) is 0 Å². The highest BCUT2D eigenvalue weighted by atomic mass is 16.7. The molecule has 3 nitrogen and oxygen atoms in total. The maximum atomic E-state index is 6.59. The van der Waals surface area contributed by atoms with Crippen molar-refractivity contribution in [2.24, 2.45) is 23.0 Å². The van der Waals surface area contributed by atoms with Gasteiger partial charge in [-0.15, -0.1) is 0 Å². The third kappa shape index (κ3) is 2.25. The first-order valence-electron chi connectivity index (χ1n) is 9.95. The topological polar surface area (TPSA) is 44.5 Å². The van der Waals surface area contributed by atoms with Gasteiger partial charge in [-0.25, -0.2) is 0 Å². The first-order valence-corrected chi connectivity index (χ1v) is 9.95. The molecular weight excluding hydrogens is 321 g/mol. The summed E-state index contributed by atoms with van der Waals surface area (Å²) < 4.78 is 12.9. The summed E-state index contributed by atoms with van der Waals surface area (Å²) in [6.07, 6.45) is 3.35. The maximum absolute atomic E-state index is 6.59. The van der Waals surface area contributed by atoms with E-state index in [4.69, 9.17) is 15.0 Å². The molecule has 4 heteroatoms. The second-order valence-corrected chi connectivity index (χ2v) is 9.34. The van der Waals surface area contributed by atoms with Crippen molar-refractivity contribution < 1.29 is 9.31 Å². The number of nitrogens with two attached hydrogens (primary N) is 1. The Hall–Kier alpha value is -1.36. The van der Waals surface area contributed by atoms with Gasteiger partial charge in [0.25, 0.3) is 0 Å². The molecule has 4 fully saturated rings. The quantitative estimate of drug-likeness (QED) is 0.853. The van der Waals surface area contributed by atoms with Crippen LogP contribution in [0.15, 0.2) is 42.5 Å². The van der Waals surface area contributed by atoms with E-state index in [9.17, 15) is 0 Å². The lowest BCUT2D eigenvalue weighted by atomic mass is 9.43. The molecule has 3 saturated carbocycles. The van der Waals surface area contributed by atoms with Crippen LogP contribution in [-0.2, 0) is 15.7 Å². The molecule has 2 N–H and O–H groups in total. The fourth-order valence-corrected chi connectivity index (χ4v) is 5.90. The van der Waals surface area contributed by atoms with Crippen LogP contribution in [0, 0.1) is 17.3 Å². The molecule has 136 valence electrons. The fourth-order valence-electron chi connectivity index (χ4n) is 5.90. The minimum Gasteiger partial charge on any atom is -0.404 e. The van der Waals surface area contributed by atoms with Crippen molar-refractivity contribution in [3.63, 3.8) is 0 Å².